The zero-order chi connectivity index (χ0) is 8.27. The summed E-state index contributed by atoms with van der Waals surface area (Å²) in [5.41, 5.74) is 8.60. The Bertz CT molecular complexity index is 232. The van der Waals surface area contributed by atoms with E-state index in [1.54, 1.807) is 13.3 Å². The fraction of sp³-hybridized carbons (Fsp3) is 0.500. The summed E-state index contributed by atoms with van der Waals surface area (Å²) in [6.45, 7) is 2.74. The first kappa shape index (κ1) is 7.98. The Labute approximate surface area is 66.7 Å². The standard InChI is InChI=1S/C8H13N3/c1-6(9)7-3-4-11-5-8(7)10-2/h5H,3-4,9H2,1-2H3. The molecular weight excluding hydrogens is 138 g/mol. The van der Waals surface area contributed by atoms with E-state index in [0.29, 0.717) is 0 Å². The average Bonchev–Trinajstić information content (AvgIpc) is 2.04. The van der Waals surface area contributed by atoms with Crippen LogP contribution in [0.15, 0.2) is 21.3 Å². The molecule has 0 atom stereocenters. The molecule has 60 valence electrons. The molecule has 0 aliphatic carbocycles. The average molecular weight is 151 g/mol. The van der Waals surface area contributed by atoms with Crippen LogP contribution >= 0.6 is 0 Å². The number of allylic oxidation sites excluding steroid dienone is 1. The molecule has 0 amide bonds. The number of hydrogen-bond acceptors (Lipinski definition) is 3. The highest BCUT2D eigenvalue weighted by Crippen LogP contribution is 2.10. The third-order valence-corrected chi connectivity index (χ3v) is 1.73. The van der Waals surface area contributed by atoms with Crippen molar-refractivity contribution in [2.45, 2.75) is 13.3 Å². The SMILES string of the molecule is CN=C1C=NCCC1=C(C)N. The maximum Gasteiger partial charge on any atom is 0.0798 e. The topological polar surface area (TPSA) is 50.7 Å². The van der Waals surface area contributed by atoms with E-state index < -0.39 is 0 Å². The molecule has 0 unspecified atom stereocenters. The minimum Gasteiger partial charge on any atom is -0.402 e. The van der Waals surface area contributed by atoms with E-state index in [9.17, 15) is 0 Å². The third kappa shape index (κ3) is 1.67. The molecule has 0 aromatic heterocycles. The van der Waals surface area contributed by atoms with Gasteiger partial charge in [-0.05, 0) is 18.9 Å². The Morgan fingerprint density at radius 3 is 2.91 bits per heavy atom. The first-order chi connectivity index (χ1) is 5.25. The summed E-state index contributed by atoms with van der Waals surface area (Å²) in [6, 6.07) is 0. The molecule has 0 radical (unpaired) electrons. The molecule has 1 aliphatic heterocycles. The molecular formula is C8H13N3. The van der Waals surface area contributed by atoms with Crippen LogP contribution in [0, 0.1) is 0 Å². The Morgan fingerprint density at radius 1 is 1.73 bits per heavy atom. The monoisotopic (exact) mass is 151 g/mol. The molecule has 11 heavy (non-hydrogen) atoms. The second-order valence-corrected chi connectivity index (χ2v) is 2.56. The molecule has 0 fully saturated rings. The van der Waals surface area contributed by atoms with Crippen LogP contribution in [0.4, 0.5) is 0 Å². The molecule has 1 aliphatic rings. The molecule has 0 spiro atoms. The van der Waals surface area contributed by atoms with Gasteiger partial charge in [0, 0.05) is 25.5 Å². The van der Waals surface area contributed by atoms with Gasteiger partial charge in [0.15, 0.2) is 0 Å². The van der Waals surface area contributed by atoms with Crippen LogP contribution in [0.5, 0.6) is 0 Å². The number of nitrogens with two attached hydrogens (primary N) is 1. The van der Waals surface area contributed by atoms with Gasteiger partial charge in [-0.3, -0.25) is 9.98 Å². The van der Waals surface area contributed by atoms with Gasteiger partial charge in [0.1, 0.15) is 0 Å². The van der Waals surface area contributed by atoms with E-state index in [2.05, 4.69) is 9.98 Å². The first-order valence-corrected chi connectivity index (χ1v) is 3.68. The minimum absolute atomic E-state index is 0.836. The maximum absolute atomic E-state index is 5.67. The lowest BCUT2D eigenvalue weighted by atomic mass is 10.0. The quantitative estimate of drug-likeness (QED) is 0.546. The Balaban J connectivity index is 2.99. The molecule has 0 aromatic carbocycles. The van der Waals surface area contributed by atoms with Crippen molar-refractivity contribution >= 4 is 11.9 Å². The van der Waals surface area contributed by atoms with Crippen molar-refractivity contribution in [1.29, 1.82) is 0 Å². The van der Waals surface area contributed by atoms with Gasteiger partial charge < -0.3 is 5.73 Å². The molecule has 0 saturated carbocycles. The van der Waals surface area contributed by atoms with Gasteiger partial charge in [-0.1, -0.05) is 0 Å². The molecule has 0 aromatic rings. The Morgan fingerprint density at radius 2 is 2.45 bits per heavy atom. The summed E-state index contributed by atoms with van der Waals surface area (Å²) in [6.07, 6.45) is 2.71. The maximum atomic E-state index is 5.67. The van der Waals surface area contributed by atoms with Crippen LogP contribution < -0.4 is 5.73 Å². The van der Waals surface area contributed by atoms with E-state index in [4.69, 9.17) is 5.73 Å². The van der Waals surface area contributed by atoms with Crippen LogP contribution in [-0.4, -0.2) is 25.5 Å². The minimum atomic E-state index is 0.836. The lowest BCUT2D eigenvalue weighted by molar-refractivity contribution is 0.957. The van der Waals surface area contributed by atoms with Crippen molar-refractivity contribution in [1.82, 2.24) is 0 Å². The molecule has 0 bridgehead atoms. The number of nitrogens with zero attached hydrogens (tertiary/aromatic N) is 2. The van der Waals surface area contributed by atoms with E-state index >= 15 is 0 Å². The van der Waals surface area contributed by atoms with E-state index in [1.807, 2.05) is 6.92 Å². The summed E-state index contributed by atoms with van der Waals surface area (Å²) >= 11 is 0. The van der Waals surface area contributed by atoms with Gasteiger partial charge >= 0.3 is 0 Å². The van der Waals surface area contributed by atoms with Crippen LogP contribution in [0.3, 0.4) is 0 Å². The fourth-order valence-electron chi connectivity index (χ4n) is 1.13. The highest BCUT2D eigenvalue weighted by atomic mass is 14.8. The van der Waals surface area contributed by atoms with Crippen molar-refractivity contribution in [2.75, 3.05) is 13.6 Å². The van der Waals surface area contributed by atoms with Crippen molar-refractivity contribution in [3.05, 3.63) is 11.3 Å². The second-order valence-electron chi connectivity index (χ2n) is 2.56. The lowest BCUT2D eigenvalue weighted by Crippen LogP contribution is -2.15. The first-order valence-electron chi connectivity index (χ1n) is 3.68. The molecule has 1 rings (SSSR count). The van der Waals surface area contributed by atoms with Gasteiger partial charge in [-0.25, -0.2) is 0 Å². The predicted molar refractivity (Wildman–Crippen MR) is 48.2 cm³/mol. The molecule has 1 heterocycles. The Hall–Kier alpha value is -1.12. The van der Waals surface area contributed by atoms with Gasteiger partial charge in [0.2, 0.25) is 0 Å². The molecule has 0 saturated heterocycles. The Kier molecular flexibility index (Phi) is 2.41. The summed E-state index contributed by atoms with van der Waals surface area (Å²) in [5.74, 6) is 0. The summed E-state index contributed by atoms with van der Waals surface area (Å²) in [5, 5.41) is 0. The second kappa shape index (κ2) is 3.32. The van der Waals surface area contributed by atoms with E-state index in [-0.39, 0.29) is 0 Å². The smallest absolute Gasteiger partial charge is 0.0798 e. The number of aliphatic imine (C=N–C) groups is 2. The van der Waals surface area contributed by atoms with Crippen LogP contribution in [0.1, 0.15) is 13.3 Å². The van der Waals surface area contributed by atoms with Gasteiger partial charge in [0.05, 0.1) is 5.71 Å². The summed E-state index contributed by atoms with van der Waals surface area (Å²) < 4.78 is 0. The van der Waals surface area contributed by atoms with Crippen molar-refractivity contribution < 1.29 is 0 Å². The van der Waals surface area contributed by atoms with Crippen molar-refractivity contribution in [2.24, 2.45) is 15.7 Å². The van der Waals surface area contributed by atoms with E-state index in [1.165, 1.54) is 0 Å². The van der Waals surface area contributed by atoms with Gasteiger partial charge in [-0.15, -0.1) is 0 Å². The third-order valence-electron chi connectivity index (χ3n) is 1.73. The molecule has 3 heteroatoms. The fourth-order valence-corrected chi connectivity index (χ4v) is 1.13. The van der Waals surface area contributed by atoms with Crippen molar-refractivity contribution in [3.8, 4) is 0 Å². The highest BCUT2D eigenvalue weighted by molar-refractivity contribution is 6.38. The summed E-state index contributed by atoms with van der Waals surface area (Å²) in [4.78, 5) is 8.20. The van der Waals surface area contributed by atoms with Crippen LogP contribution in [0.2, 0.25) is 0 Å². The normalized spacial score (nSPS) is 25.8. The van der Waals surface area contributed by atoms with Crippen LogP contribution in [-0.2, 0) is 0 Å². The molecule has 3 nitrogen and oxygen atoms in total. The number of rotatable bonds is 0. The zero-order valence-electron chi connectivity index (χ0n) is 6.96. The highest BCUT2D eigenvalue weighted by Gasteiger charge is 2.09. The van der Waals surface area contributed by atoms with Gasteiger partial charge in [-0.2, -0.15) is 0 Å². The summed E-state index contributed by atoms with van der Waals surface area (Å²) in [7, 11) is 1.76. The predicted octanol–water partition coefficient (Wildman–Crippen LogP) is 0.764. The number of hydrogen-bond donors (Lipinski definition) is 1. The van der Waals surface area contributed by atoms with E-state index in [0.717, 1.165) is 29.9 Å². The largest absolute Gasteiger partial charge is 0.402 e. The van der Waals surface area contributed by atoms with Crippen LogP contribution in [0.25, 0.3) is 0 Å². The lowest BCUT2D eigenvalue weighted by Gasteiger charge is -2.11. The zero-order valence-corrected chi connectivity index (χ0v) is 6.96. The van der Waals surface area contributed by atoms with Gasteiger partial charge in [0.25, 0.3) is 0 Å². The molecule has 2 N–H and O–H groups in total. The van der Waals surface area contributed by atoms with Crippen molar-refractivity contribution in [3.63, 3.8) is 0 Å².